The van der Waals surface area contributed by atoms with E-state index in [1.165, 1.54) is 0 Å². The molecule has 1 aliphatic rings. The van der Waals surface area contributed by atoms with Gasteiger partial charge in [0.25, 0.3) is 0 Å². The SMILES string of the molecule is NCC1CCC(C(=O)Nc2cccnn2)CC1. The number of rotatable bonds is 3. The number of amides is 1. The van der Waals surface area contributed by atoms with E-state index in [9.17, 15) is 4.79 Å². The van der Waals surface area contributed by atoms with Gasteiger partial charge >= 0.3 is 0 Å². The van der Waals surface area contributed by atoms with Crippen molar-refractivity contribution in [2.75, 3.05) is 11.9 Å². The number of hydrogen-bond acceptors (Lipinski definition) is 4. The average Bonchev–Trinajstić information content (AvgIpc) is 2.40. The Morgan fingerprint density at radius 2 is 2.18 bits per heavy atom. The zero-order valence-corrected chi connectivity index (χ0v) is 9.80. The van der Waals surface area contributed by atoms with Crippen molar-refractivity contribution < 1.29 is 4.79 Å². The first-order chi connectivity index (χ1) is 8.29. The third-order valence-corrected chi connectivity index (χ3v) is 3.37. The van der Waals surface area contributed by atoms with Crippen LogP contribution in [0, 0.1) is 11.8 Å². The van der Waals surface area contributed by atoms with Crippen molar-refractivity contribution in [1.82, 2.24) is 10.2 Å². The molecule has 2 rings (SSSR count). The molecule has 1 aliphatic carbocycles. The van der Waals surface area contributed by atoms with Gasteiger partial charge in [0.2, 0.25) is 5.91 Å². The van der Waals surface area contributed by atoms with Crippen LogP contribution in [0.15, 0.2) is 18.3 Å². The van der Waals surface area contributed by atoms with Gasteiger partial charge in [-0.05, 0) is 50.3 Å². The van der Waals surface area contributed by atoms with E-state index in [-0.39, 0.29) is 11.8 Å². The van der Waals surface area contributed by atoms with Crippen LogP contribution in [-0.2, 0) is 4.79 Å². The summed E-state index contributed by atoms with van der Waals surface area (Å²) in [6.45, 7) is 0.735. The van der Waals surface area contributed by atoms with Crippen LogP contribution in [0.25, 0.3) is 0 Å². The van der Waals surface area contributed by atoms with Gasteiger partial charge < -0.3 is 11.1 Å². The molecule has 0 radical (unpaired) electrons. The van der Waals surface area contributed by atoms with Crippen LogP contribution in [0.3, 0.4) is 0 Å². The van der Waals surface area contributed by atoms with Crippen LogP contribution in [0.5, 0.6) is 0 Å². The zero-order valence-electron chi connectivity index (χ0n) is 9.80. The second kappa shape index (κ2) is 5.72. The van der Waals surface area contributed by atoms with Crippen molar-refractivity contribution in [3.8, 4) is 0 Å². The Bertz CT molecular complexity index is 360. The molecule has 0 aliphatic heterocycles. The summed E-state index contributed by atoms with van der Waals surface area (Å²) in [5.74, 6) is 1.27. The Labute approximate surface area is 101 Å². The van der Waals surface area contributed by atoms with Crippen LogP contribution < -0.4 is 11.1 Å². The van der Waals surface area contributed by atoms with E-state index in [1.807, 2.05) is 0 Å². The third kappa shape index (κ3) is 3.23. The smallest absolute Gasteiger partial charge is 0.228 e. The van der Waals surface area contributed by atoms with E-state index >= 15 is 0 Å². The number of nitrogens with one attached hydrogen (secondary N) is 1. The van der Waals surface area contributed by atoms with Crippen molar-refractivity contribution in [1.29, 1.82) is 0 Å². The summed E-state index contributed by atoms with van der Waals surface area (Å²) >= 11 is 0. The molecule has 0 unspecified atom stereocenters. The van der Waals surface area contributed by atoms with Crippen LogP contribution in [-0.4, -0.2) is 22.6 Å². The quantitative estimate of drug-likeness (QED) is 0.823. The molecule has 17 heavy (non-hydrogen) atoms. The highest BCUT2D eigenvalue weighted by Crippen LogP contribution is 2.28. The number of nitrogens with two attached hydrogens (primary N) is 1. The van der Waals surface area contributed by atoms with E-state index in [0.717, 1.165) is 32.2 Å². The van der Waals surface area contributed by atoms with Crippen molar-refractivity contribution in [2.24, 2.45) is 17.6 Å². The fourth-order valence-electron chi connectivity index (χ4n) is 2.26. The van der Waals surface area contributed by atoms with E-state index in [0.29, 0.717) is 11.7 Å². The number of carbonyl (C=O) groups is 1. The molecule has 1 fully saturated rings. The van der Waals surface area contributed by atoms with Gasteiger partial charge in [-0.15, -0.1) is 5.10 Å². The lowest BCUT2D eigenvalue weighted by Crippen LogP contribution is -2.29. The lowest BCUT2D eigenvalue weighted by Gasteiger charge is -2.26. The molecule has 1 saturated carbocycles. The lowest BCUT2D eigenvalue weighted by atomic mass is 9.81. The van der Waals surface area contributed by atoms with E-state index in [4.69, 9.17) is 5.73 Å². The van der Waals surface area contributed by atoms with Crippen molar-refractivity contribution in [3.05, 3.63) is 18.3 Å². The number of aromatic nitrogens is 2. The van der Waals surface area contributed by atoms with Gasteiger partial charge in [0, 0.05) is 12.1 Å². The van der Waals surface area contributed by atoms with Gasteiger partial charge in [0.15, 0.2) is 5.82 Å². The van der Waals surface area contributed by atoms with Crippen molar-refractivity contribution in [3.63, 3.8) is 0 Å². The van der Waals surface area contributed by atoms with E-state index in [2.05, 4.69) is 15.5 Å². The van der Waals surface area contributed by atoms with Gasteiger partial charge in [0.05, 0.1) is 0 Å². The van der Waals surface area contributed by atoms with Crippen LogP contribution >= 0.6 is 0 Å². The van der Waals surface area contributed by atoms with Crippen LogP contribution in [0.2, 0.25) is 0 Å². The Morgan fingerprint density at radius 3 is 2.76 bits per heavy atom. The molecular weight excluding hydrogens is 216 g/mol. The molecule has 5 nitrogen and oxygen atoms in total. The number of anilines is 1. The highest BCUT2D eigenvalue weighted by atomic mass is 16.1. The summed E-state index contributed by atoms with van der Waals surface area (Å²) in [4.78, 5) is 12.0. The molecule has 1 aromatic rings. The molecule has 1 amide bonds. The van der Waals surface area contributed by atoms with Gasteiger partial charge in [-0.2, -0.15) is 5.10 Å². The summed E-state index contributed by atoms with van der Waals surface area (Å²) < 4.78 is 0. The molecule has 92 valence electrons. The van der Waals surface area contributed by atoms with Crippen molar-refractivity contribution >= 4 is 11.7 Å². The average molecular weight is 234 g/mol. The maximum absolute atomic E-state index is 12.0. The third-order valence-electron chi connectivity index (χ3n) is 3.37. The molecule has 0 spiro atoms. The molecular formula is C12H18N4O. The first kappa shape index (κ1) is 12.0. The summed E-state index contributed by atoms with van der Waals surface area (Å²) in [5, 5.41) is 10.4. The number of hydrogen-bond donors (Lipinski definition) is 2. The monoisotopic (exact) mass is 234 g/mol. The first-order valence-corrected chi connectivity index (χ1v) is 6.08. The largest absolute Gasteiger partial charge is 0.330 e. The fraction of sp³-hybridized carbons (Fsp3) is 0.583. The minimum atomic E-state index is 0.0565. The van der Waals surface area contributed by atoms with Gasteiger partial charge in [0.1, 0.15) is 0 Å². The Hall–Kier alpha value is -1.49. The topological polar surface area (TPSA) is 80.9 Å². The molecule has 0 saturated heterocycles. The molecule has 0 bridgehead atoms. The molecule has 5 heteroatoms. The summed E-state index contributed by atoms with van der Waals surface area (Å²) in [6, 6.07) is 3.50. The maximum atomic E-state index is 12.0. The summed E-state index contributed by atoms with van der Waals surface area (Å²) in [5.41, 5.74) is 5.63. The summed E-state index contributed by atoms with van der Waals surface area (Å²) in [6.07, 6.45) is 5.54. The van der Waals surface area contributed by atoms with Crippen LogP contribution in [0.1, 0.15) is 25.7 Å². The Balaban J connectivity index is 1.85. The molecule has 3 N–H and O–H groups in total. The molecule has 0 aromatic carbocycles. The second-order valence-corrected chi connectivity index (χ2v) is 4.55. The Kier molecular flexibility index (Phi) is 4.03. The molecule has 0 atom stereocenters. The number of carbonyl (C=O) groups excluding carboxylic acids is 1. The molecule has 1 aromatic heterocycles. The normalized spacial score (nSPS) is 24.3. The summed E-state index contributed by atoms with van der Waals surface area (Å²) in [7, 11) is 0. The van der Waals surface area contributed by atoms with E-state index < -0.39 is 0 Å². The second-order valence-electron chi connectivity index (χ2n) is 4.55. The van der Waals surface area contributed by atoms with Gasteiger partial charge in [-0.3, -0.25) is 4.79 Å². The lowest BCUT2D eigenvalue weighted by molar-refractivity contribution is -0.121. The van der Waals surface area contributed by atoms with Crippen LogP contribution in [0.4, 0.5) is 5.82 Å². The first-order valence-electron chi connectivity index (χ1n) is 6.08. The minimum Gasteiger partial charge on any atom is -0.330 e. The van der Waals surface area contributed by atoms with Crippen molar-refractivity contribution in [2.45, 2.75) is 25.7 Å². The van der Waals surface area contributed by atoms with Gasteiger partial charge in [-0.1, -0.05) is 0 Å². The Morgan fingerprint density at radius 1 is 1.41 bits per heavy atom. The zero-order chi connectivity index (χ0) is 12.1. The predicted octanol–water partition coefficient (Wildman–Crippen LogP) is 1.18. The maximum Gasteiger partial charge on any atom is 0.228 e. The predicted molar refractivity (Wildman–Crippen MR) is 65.2 cm³/mol. The number of nitrogens with zero attached hydrogens (tertiary/aromatic N) is 2. The minimum absolute atomic E-state index is 0.0565. The molecule has 1 heterocycles. The highest BCUT2D eigenvalue weighted by Gasteiger charge is 2.25. The fourth-order valence-corrected chi connectivity index (χ4v) is 2.26. The van der Waals surface area contributed by atoms with Gasteiger partial charge in [-0.25, -0.2) is 0 Å². The highest BCUT2D eigenvalue weighted by molar-refractivity contribution is 5.91. The van der Waals surface area contributed by atoms with E-state index in [1.54, 1.807) is 18.3 Å². The standard InChI is InChI=1S/C12H18N4O/c13-8-9-3-5-10(6-4-9)12(17)15-11-2-1-7-14-16-11/h1-2,7,9-10H,3-6,8,13H2,(H,15,16,17).